The highest BCUT2D eigenvalue weighted by molar-refractivity contribution is 14.1. The van der Waals surface area contributed by atoms with Crippen LogP contribution in [0.2, 0.25) is 0 Å². The molecule has 0 amide bonds. The third kappa shape index (κ3) is 2.48. The Hall–Kier alpha value is -1.34. The molecule has 110 valence electrons. The van der Waals surface area contributed by atoms with Gasteiger partial charge in [0.15, 0.2) is 5.82 Å². The second-order valence-corrected chi connectivity index (χ2v) is 7.97. The summed E-state index contributed by atoms with van der Waals surface area (Å²) in [7, 11) is 0. The third-order valence-corrected chi connectivity index (χ3v) is 4.66. The molecule has 0 fully saturated rings. The van der Waals surface area contributed by atoms with Crippen molar-refractivity contribution in [1.82, 2.24) is 4.98 Å². The molecule has 1 aromatic rings. The lowest BCUT2D eigenvalue weighted by atomic mass is 10.1. The van der Waals surface area contributed by atoms with Crippen molar-refractivity contribution in [1.29, 1.82) is 0 Å². The lowest BCUT2D eigenvalue weighted by Crippen LogP contribution is -2.44. The van der Waals surface area contributed by atoms with Gasteiger partial charge < -0.3 is 4.90 Å². The van der Waals surface area contributed by atoms with E-state index in [-0.39, 0.29) is 9.59 Å². The van der Waals surface area contributed by atoms with E-state index in [1.54, 1.807) is 11.2 Å². The zero-order valence-electron chi connectivity index (χ0n) is 12.4. The van der Waals surface area contributed by atoms with Crippen LogP contribution in [0.15, 0.2) is 53.9 Å². The molecule has 4 nitrogen and oxygen atoms in total. The number of nitrogens with zero attached hydrogens (tertiary/aromatic N) is 3. The molecule has 2 aliphatic rings. The topological polar surface area (TPSA) is 45.4 Å². The van der Waals surface area contributed by atoms with E-state index in [0.717, 1.165) is 11.5 Å². The minimum Gasteiger partial charge on any atom is -0.316 e. The van der Waals surface area contributed by atoms with Gasteiger partial charge in [-0.05, 0) is 44.6 Å². The second kappa shape index (κ2) is 5.14. The van der Waals surface area contributed by atoms with Crippen LogP contribution in [0.4, 0.5) is 11.5 Å². The quantitative estimate of drug-likeness (QED) is 0.450. The van der Waals surface area contributed by atoms with Gasteiger partial charge in [0, 0.05) is 11.9 Å². The normalized spacial score (nSPS) is 28.1. The monoisotopic (exact) mass is 394 g/mol. The number of fused-ring (bicyclic) bond motifs is 1. The van der Waals surface area contributed by atoms with Crippen molar-refractivity contribution in [2.24, 2.45) is 5.84 Å². The number of allylic oxidation sites excluding steroid dienone is 5. The van der Waals surface area contributed by atoms with Gasteiger partial charge in [0.2, 0.25) is 0 Å². The summed E-state index contributed by atoms with van der Waals surface area (Å²) in [5, 5.41) is 1.72. The Morgan fingerprint density at radius 3 is 2.81 bits per heavy atom. The number of nitrogens with two attached hydrogens (primary N) is 1. The summed E-state index contributed by atoms with van der Waals surface area (Å²) in [6.45, 7) is 6.42. The van der Waals surface area contributed by atoms with Crippen LogP contribution in [-0.2, 0) is 0 Å². The zero-order valence-corrected chi connectivity index (χ0v) is 14.6. The zero-order chi connectivity index (χ0) is 15.2. The Labute approximate surface area is 139 Å². The van der Waals surface area contributed by atoms with E-state index in [4.69, 9.17) is 5.84 Å². The molecule has 2 unspecified atom stereocenters. The van der Waals surface area contributed by atoms with Crippen molar-refractivity contribution in [3.63, 3.8) is 0 Å². The molecule has 2 heterocycles. The molecule has 2 atom stereocenters. The number of hydrazine groups is 1. The van der Waals surface area contributed by atoms with Gasteiger partial charge in [-0.25, -0.2) is 10.8 Å². The molecular weight excluding hydrogens is 375 g/mol. The average Bonchev–Trinajstić information content (AvgIpc) is 2.62. The molecule has 0 saturated heterocycles. The standard InChI is InChI=1S/C16H19IN4/c1-11-6-8-16(3,17)9-7-13(11)20-12(2)21(18)15-14(20)5-4-10-19-15/h4-10,12H,18H2,1-3H3. The number of aromatic nitrogens is 1. The van der Waals surface area contributed by atoms with Gasteiger partial charge in [-0.2, -0.15) is 0 Å². The summed E-state index contributed by atoms with van der Waals surface area (Å²) in [6.07, 6.45) is 10.6. The highest BCUT2D eigenvalue weighted by atomic mass is 127. The predicted molar refractivity (Wildman–Crippen MR) is 96.2 cm³/mol. The van der Waals surface area contributed by atoms with Gasteiger partial charge in [0.1, 0.15) is 6.17 Å². The number of hydrogen-bond acceptors (Lipinski definition) is 4. The molecule has 21 heavy (non-hydrogen) atoms. The van der Waals surface area contributed by atoms with Gasteiger partial charge >= 0.3 is 0 Å². The van der Waals surface area contributed by atoms with Gasteiger partial charge in [-0.1, -0.05) is 40.8 Å². The fourth-order valence-corrected chi connectivity index (χ4v) is 3.04. The number of hydrogen-bond donors (Lipinski definition) is 1. The van der Waals surface area contributed by atoms with Crippen LogP contribution in [0.1, 0.15) is 20.8 Å². The number of anilines is 2. The molecule has 0 radical (unpaired) electrons. The predicted octanol–water partition coefficient (Wildman–Crippen LogP) is 3.52. The Bertz CT molecular complexity index is 660. The lowest BCUT2D eigenvalue weighted by molar-refractivity contribution is 0.678. The van der Waals surface area contributed by atoms with E-state index in [1.807, 2.05) is 6.07 Å². The summed E-state index contributed by atoms with van der Waals surface area (Å²) in [5.41, 5.74) is 3.45. The first kappa shape index (κ1) is 14.6. The van der Waals surface area contributed by atoms with Crippen LogP contribution < -0.4 is 15.8 Å². The average molecular weight is 394 g/mol. The summed E-state index contributed by atoms with van der Waals surface area (Å²) in [6, 6.07) is 4.02. The molecule has 0 spiro atoms. The first-order valence-corrected chi connectivity index (χ1v) is 8.05. The Balaban J connectivity index is 2.11. The van der Waals surface area contributed by atoms with Crippen LogP contribution >= 0.6 is 22.6 Å². The highest BCUT2D eigenvalue weighted by Crippen LogP contribution is 2.40. The van der Waals surface area contributed by atoms with Crippen LogP contribution in [0.5, 0.6) is 0 Å². The number of halogens is 1. The summed E-state index contributed by atoms with van der Waals surface area (Å²) in [4.78, 5) is 6.65. The molecule has 1 aromatic heterocycles. The number of alkyl halides is 1. The molecule has 0 aromatic carbocycles. The third-order valence-electron chi connectivity index (χ3n) is 3.94. The maximum absolute atomic E-state index is 6.19. The largest absolute Gasteiger partial charge is 0.316 e. The van der Waals surface area contributed by atoms with Crippen molar-refractivity contribution >= 4 is 34.1 Å². The van der Waals surface area contributed by atoms with Crippen LogP contribution in [0.25, 0.3) is 0 Å². The maximum Gasteiger partial charge on any atom is 0.168 e. The highest BCUT2D eigenvalue weighted by Gasteiger charge is 2.34. The molecule has 5 heteroatoms. The SMILES string of the molecule is CC1=C(N2c3cccnc3N(N)C2C)C=CC(C)(I)C=C1. The molecule has 1 aliphatic carbocycles. The van der Waals surface area contributed by atoms with Gasteiger partial charge in [-0.15, -0.1) is 0 Å². The van der Waals surface area contributed by atoms with E-state index in [2.05, 4.69) is 83.6 Å². The molecule has 2 N–H and O–H groups in total. The van der Waals surface area contributed by atoms with Gasteiger partial charge in [-0.3, -0.25) is 5.01 Å². The van der Waals surface area contributed by atoms with Crippen molar-refractivity contribution in [3.8, 4) is 0 Å². The minimum absolute atomic E-state index is 0.0316. The van der Waals surface area contributed by atoms with Crippen molar-refractivity contribution in [3.05, 3.63) is 53.9 Å². The summed E-state index contributed by atoms with van der Waals surface area (Å²) in [5.74, 6) is 7.01. The number of pyridine rings is 1. The van der Waals surface area contributed by atoms with E-state index in [9.17, 15) is 0 Å². The maximum atomic E-state index is 6.19. The molecule has 0 saturated carbocycles. The van der Waals surface area contributed by atoms with E-state index in [0.29, 0.717) is 0 Å². The Morgan fingerprint density at radius 2 is 2.05 bits per heavy atom. The van der Waals surface area contributed by atoms with Crippen LogP contribution in [0, 0.1) is 0 Å². The van der Waals surface area contributed by atoms with Gasteiger partial charge in [0.25, 0.3) is 0 Å². The van der Waals surface area contributed by atoms with E-state index < -0.39 is 0 Å². The van der Waals surface area contributed by atoms with E-state index in [1.165, 1.54) is 11.3 Å². The van der Waals surface area contributed by atoms with Crippen LogP contribution in [-0.4, -0.2) is 14.6 Å². The van der Waals surface area contributed by atoms with Gasteiger partial charge in [0.05, 0.1) is 9.11 Å². The Morgan fingerprint density at radius 1 is 1.33 bits per heavy atom. The van der Waals surface area contributed by atoms with Crippen molar-refractivity contribution in [2.75, 3.05) is 9.91 Å². The fourth-order valence-electron chi connectivity index (χ4n) is 2.68. The fraction of sp³-hybridized carbons (Fsp3) is 0.312. The molecule has 3 rings (SSSR count). The number of rotatable bonds is 1. The minimum atomic E-state index is 0.0316. The first-order valence-electron chi connectivity index (χ1n) is 6.97. The molecule has 0 bridgehead atoms. The Kier molecular flexibility index (Phi) is 3.57. The summed E-state index contributed by atoms with van der Waals surface area (Å²) < 4.78 is 0.0316. The molecular formula is C16H19IN4. The van der Waals surface area contributed by atoms with Crippen molar-refractivity contribution in [2.45, 2.75) is 30.4 Å². The lowest BCUT2D eigenvalue weighted by Gasteiger charge is -2.28. The smallest absolute Gasteiger partial charge is 0.168 e. The second-order valence-electron chi connectivity index (χ2n) is 5.64. The first-order chi connectivity index (χ1) is 9.91. The molecule has 1 aliphatic heterocycles. The van der Waals surface area contributed by atoms with E-state index >= 15 is 0 Å². The summed E-state index contributed by atoms with van der Waals surface area (Å²) >= 11 is 2.44. The van der Waals surface area contributed by atoms with Crippen LogP contribution in [0.3, 0.4) is 0 Å². The van der Waals surface area contributed by atoms with Crippen molar-refractivity contribution < 1.29 is 0 Å².